The van der Waals surface area contributed by atoms with Crippen molar-refractivity contribution < 1.29 is 31.9 Å². The van der Waals surface area contributed by atoms with E-state index in [-0.39, 0.29) is 32.7 Å². The molecule has 1 aromatic heterocycles. The lowest BCUT2D eigenvalue weighted by Crippen LogP contribution is -2.42. The van der Waals surface area contributed by atoms with Gasteiger partial charge in [0.05, 0.1) is 29.0 Å². The summed E-state index contributed by atoms with van der Waals surface area (Å²) in [5.74, 6) is -1.57. The van der Waals surface area contributed by atoms with Gasteiger partial charge in [-0.2, -0.15) is 13.2 Å². The topological polar surface area (TPSA) is 65.7 Å². The number of carbonyl (C=O) groups is 1. The average molecular weight is 453 g/mol. The van der Waals surface area contributed by atoms with E-state index in [0.29, 0.717) is 12.8 Å². The molecule has 5 nitrogen and oxygen atoms in total. The van der Waals surface area contributed by atoms with Gasteiger partial charge in [-0.3, -0.25) is 9.59 Å². The predicted molar refractivity (Wildman–Crippen MR) is 107 cm³/mol. The Hall–Kier alpha value is -3.00. The number of fused-ring (bicyclic) bond motifs is 1. The summed E-state index contributed by atoms with van der Waals surface area (Å²) in [5, 5.41) is 0.463. The summed E-state index contributed by atoms with van der Waals surface area (Å²) < 4.78 is 56.6. The van der Waals surface area contributed by atoms with Gasteiger partial charge < -0.3 is 13.9 Å². The van der Waals surface area contributed by atoms with Crippen molar-refractivity contribution in [2.75, 3.05) is 7.11 Å². The van der Waals surface area contributed by atoms with E-state index in [1.54, 1.807) is 18.2 Å². The monoisotopic (exact) mass is 452 g/mol. The molecule has 3 aromatic rings. The fourth-order valence-electron chi connectivity index (χ4n) is 3.49. The molecule has 0 radical (unpaired) electrons. The van der Waals surface area contributed by atoms with E-state index in [1.165, 1.54) is 19.2 Å². The van der Waals surface area contributed by atoms with Crippen LogP contribution in [-0.4, -0.2) is 19.2 Å². The molecule has 0 N–H and O–H groups in total. The van der Waals surface area contributed by atoms with E-state index in [4.69, 9.17) is 20.8 Å². The molecule has 2 atom stereocenters. The fraction of sp³-hybridized carbons (Fsp3) is 0.273. The predicted octanol–water partition coefficient (Wildman–Crippen LogP) is 5.46. The molecule has 2 unspecified atom stereocenters. The lowest BCUT2D eigenvalue weighted by Gasteiger charge is -2.35. The van der Waals surface area contributed by atoms with Gasteiger partial charge in [0.2, 0.25) is 0 Å². The first-order chi connectivity index (χ1) is 14.7. The lowest BCUT2D eigenvalue weighted by molar-refractivity contribution is -0.154. The van der Waals surface area contributed by atoms with Crippen LogP contribution in [0.15, 0.2) is 51.7 Å². The molecule has 1 aliphatic rings. The van der Waals surface area contributed by atoms with Gasteiger partial charge in [-0.25, -0.2) is 0 Å². The van der Waals surface area contributed by atoms with Crippen molar-refractivity contribution in [3.05, 3.63) is 63.3 Å². The molecule has 31 heavy (non-hydrogen) atoms. The van der Waals surface area contributed by atoms with Crippen LogP contribution in [0.4, 0.5) is 13.2 Å². The van der Waals surface area contributed by atoms with Crippen LogP contribution in [0.2, 0.25) is 5.02 Å². The van der Waals surface area contributed by atoms with Gasteiger partial charge >= 0.3 is 12.1 Å². The molecule has 0 bridgehead atoms. The molecule has 0 spiro atoms. The SMILES string of the molecule is COC(=O)C1CCC1Oc1cc(-c2cc(=O)c3cccc(Cl)c3o2)ccc1C(F)(F)F. The lowest BCUT2D eigenvalue weighted by atomic mass is 9.82. The van der Waals surface area contributed by atoms with Crippen molar-refractivity contribution in [2.24, 2.45) is 5.92 Å². The van der Waals surface area contributed by atoms with E-state index in [0.717, 1.165) is 12.1 Å². The molecule has 0 saturated heterocycles. The number of benzene rings is 2. The molecule has 0 amide bonds. The molecule has 4 rings (SSSR count). The second kappa shape index (κ2) is 7.92. The maximum absolute atomic E-state index is 13.5. The van der Waals surface area contributed by atoms with Crippen LogP contribution in [0.1, 0.15) is 18.4 Å². The van der Waals surface area contributed by atoms with Crippen molar-refractivity contribution in [1.29, 1.82) is 0 Å². The second-order valence-electron chi connectivity index (χ2n) is 7.16. The minimum atomic E-state index is -4.67. The van der Waals surface area contributed by atoms with Crippen molar-refractivity contribution in [3.63, 3.8) is 0 Å². The van der Waals surface area contributed by atoms with Crippen LogP contribution in [0.5, 0.6) is 5.75 Å². The Morgan fingerprint density at radius 3 is 2.58 bits per heavy atom. The number of halogens is 4. The van der Waals surface area contributed by atoms with Crippen LogP contribution in [0.25, 0.3) is 22.3 Å². The number of hydrogen-bond donors (Lipinski definition) is 0. The van der Waals surface area contributed by atoms with Gasteiger partial charge in [0.25, 0.3) is 0 Å². The number of ether oxygens (including phenoxy) is 2. The summed E-state index contributed by atoms with van der Waals surface area (Å²) in [6.07, 6.45) is -4.52. The number of methoxy groups -OCH3 is 1. The molecule has 1 heterocycles. The summed E-state index contributed by atoms with van der Waals surface area (Å²) >= 11 is 6.11. The van der Waals surface area contributed by atoms with Gasteiger partial charge in [-0.1, -0.05) is 23.7 Å². The molecule has 1 aliphatic carbocycles. The van der Waals surface area contributed by atoms with E-state index in [1.807, 2.05) is 0 Å². The highest BCUT2D eigenvalue weighted by Crippen LogP contribution is 2.42. The van der Waals surface area contributed by atoms with Crippen LogP contribution < -0.4 is 10.2 Å². The minimum Gasteiger partial charge on any atom is -0.489 e. The Kier molecular flexibility index (Phi) is 5.43. The largest absolute Gasteiger partial charge is 0.489 e. The first-order valence-corrected chi connectivity index (χ1v) is 9.75. The zero-order valence-corrected chi connectivity index (χ0v) is 16.9. The van der Waals surface area contributed by atoms with Crippen molar-refractivity contribution in [3.8, 4) is 17.1 Å². The molecule has 9 heteroatoms. The molecule has 2 aromatic carbocycles. The Balaban J connectivity index is 1.78. The fourth-order valence-corrected chi connectivity index (χ4v) is 3.70. The van der Waals surface area contributed by atoms with Crippen LogP contribution >= 0.6 is 11.6 Å². The van der Waals surface area contributed by atoms with Crippen LogP contribution in [0.3, 0.4) is 0 Å². The molecule has 162 valence electrons. The van der Waals surface area contributed by atoms with Crippen molar-refractivity contribution in [2.45, 2.75) is 25.1 Å². The average Bonchev–Trinajstić information content (AvgIpc) is 2.70. The number of carbonyl (C=O) groups excluding carboxylic acids is 1. The maximum atomic E-state index is 13.5. The summed E-state index contributed by atoms with van der Waals surface area (Å²) in [6, 6.07) is 9.06. The highest BCUT2D eigenvalue weighted by Gasteiger charge is 2.42. The smallest absolute Gasteiger partial charge is 0.419 e. The van der Waals surface area contributed by atoms with Crippen molar-refractivity contribution >= 4 is 28.5 Å². The summed E-state index contributed by atoms with van der Waals surface area (Å²) in [4.78, 5) is 24.2. The second-order valence-corrected chi connectivity index (χ2v) is 7.57. The van der Waals surface area contributed by atoms with E-state index >= 15 is 0 Å². The molecule has 1 saturated carbocycles. The zero-order valence-electron chi connectivity index (χ0n) is 16.2. The molecule has 0 aliphatic heterocycles. The standard InChI is InChI=1S/C22H16ClF3O5/c1-29-21(28)13-6-8-17(13)30-19-9-11(5-7-14(19)22(24,25)26)18-10-16(27)12-3-2-4-15(23)20(12)31-18/h2-5,7,9-10,13,17H,6,8H2,1H3. The number of para-hydroxylation sites is 1. The number of esters is 1. The van der Waals surface area contributed by atoms with E-state index < -0.39 is 35.5 Å². The number of rotatable bonds is 4. The number of alkyl halides is 3. The van der Waals surface area contributed by atoms with Gasteiger partial charge in [-0.05, 0) is 37.1 Å². The minimum absolute atomic E-state index is 0.0438. The zero-order chi connectivity index (χ0) is 22.3. The third-order valence-electron chi connectivity index (χ3n) is 5.27. The van der Waals surface area contributed by atoms with E-state index in [2.05, 4.69) is 4.74 Å². The van der Waals surface area contributed by atoms with Crippen LogP contribution in [0, 0.1) is 5.92 Å². The van der Waals surface area contributed by atoms with Gasteiger partial charge in [0, 0.05) is 11.6 Å². The first-order valence-electron chi connectivity index (χ1n) is 9.37. The summed E-state index contributed by atoms with van der Waals surface area (Å²) in [5.41, 5.74) is -1.03. The maximum Gasteiger partial charge on any atom is 0.419 e. The Morgan fingerprint density at radius 2 is 1.94 bits per heavy atom. The Bertz CT molecular complexity index is 1220. The quantitative estimate of drug-likeness (QED) is 0.492. The normalized spacial score (nSPS) is 18.5. The third kappa shape index (κ3) is 3.99. The highest BCUT2D eigenvalue weighted by atomic mass is 35.5. The molecular weight excluding hydrogens is 437 g/mol. The van der Waals surface area contributed by atoms with Gasteiger partial charge in [0.1, 0.15) is 17.6 Å². The molecular formula is C22H16ClF3O5. The van der Waals surface area contributed by atoms with Gasteiger partial charge in [0.15, 0.2) is 11.0 Å². The molecule has 1 fully saturated rings. The third-order valence-corrected chi connectivity index (χ3v) is 5.57. The summed E-state index contributed by atoms with van der Waals surface area (Å²) in [7, 11) is 1.21. The highest BCUT2D eigenvalue weighted by molar-refractivity contribution is 6.34. The van der Waals surface area contributed by atoms with E-state index in [9.17, 15) is 22.8 Å². The number of hydrogen-bond acceptors (Lipinski definition) is 5. The summed E-state index contributed by atoms with van der Waals surface area (Å²) in [6.45, 7) is 0. The first kappa shape index (κ1) is 21.2. The van der Waals surface area contributed by atoms with Crippen LogP contribution in [-0.2, 0) is 15.7 Å². The van der Waals surface area contributed by atoms with Gasteiger partial charge in [-0.15, -0.1) is 0 Å². The Labute approximate surface area is 179 Å². The van der Waals surface area contributed by atoms with Crippen molar-refractivity contribution in [1.82, 2.24) is 0 Å². The Morgan fingerprint density at radius 1 is 1.16 bits per heavy atom.